The second-order valence-electron chi connectivity index (χ2n) is 6.88. The van der Waals surface area contributed by atoms with Crippen LogP contribution in [0.4, 0.5) is 0 Å². The fourth-order valence-corrected chi connectivity index (χ4v) is 2.50. The molecule has 2 N–H and O–H groups in total. The summed E-state index contributed by atoms with van der Waals surface area (Å²) in [4.78, 5) is 0.405. The van der Waals surface area contributed by atoms with E-state index >= 15 is 0 Å². The molecule has 2 rings (SSSR count). The van der Waals surface area contributed by atoms with Crippen molar-refractivity contribution in [3.05, 3.63) is 58.7 Å². The molecule has 0 aromatic heterocycles. The molecule has 0 unspecified atom stereocenters. The van der Waals surface area contributed by atoms with Crippen molar-refractivity contribution in [3.8, 4) is 17.6 Å². The predicted molar refractivity (Wildman–Crippen MR) is 114 cm³/mol. The Morgan fingerprint density at radius 1 is 0.889 bits per heavy atom. The van der Waals surface area contributed by atoms with Gasteiger partial charge in [0.05, 0.1) is 23.8 Å². The van der Waals surface area contributed by atoms with Crippen LogP contribution in [0.3, 0.4) is 0 Å². The van der Waals surface area contributed by atoms with E-state index in [9.17, 15) is 0 Å². The fraction of sp³-hybridized carbons (Fsp3) is 0.364. The Labute approximate surface area is 167 Å². The molecule has 0 saturated carbocycles. The van der Waals surface area contributed by atoms with E-state index in [0.717, 1.165) is 28.2 Å². The first-order valence-electron chi connectivity index (χ1n) is 8.87. The molecule has 0 fully saturated rings. The lowest BCUT2D eigenvalue weighted by Gasteiger charge is -2.11. The van der Waals surface area contributed by atoms with Crippen LogP contribution < -0.4 is 15.2 Å². The summed E-state index contributed by atoms with van der Waals surface area (Å²) in [5, 5.41) is 8.72. The smallest absolute Gasteiger partial charge is 0.121 e. The van der Waals surface area contributed by atoms with Gasteiger partial charge in [-0.05, 0) is 89.1 Å². The predicted octanol–water partition coefficient (Wildman–Crippen LogP) is 5.07. The summed E-state index contributed by atoms with van der Waals surface area (Å²) in [5.41, 5.74) is 9.22. The summed E-state index contributed by atoms with van der Waals surface area (Å²) in [6, 6.07) is 13.4. The molecular formula is C22H28N2O2S. The third-order valence-electron chi connectivity index (χ3n) is 3.26. The summed E-state index contributed by atoms with van der Waals surface area (Å²) in [6.45, 7) is 11.9. The van der Waals surface area contributed by atoms with Gasteiger partial charge in [-0.1, -0.05) is 12.2 Å². The zero-order valence-electron chi connectivity index (χ0n) is 16.9. The first-order valence-corrected chi connectivity index (χ1v) is 9.28. The number of aryl methyl sites for hydroxylation is 2. The molecule has 144 valence electrons. The molecule has 0 radical (unpaired) electrons. The van der Waals surface area contributed by atoms with Crippen LogP contribution in [0.1, 0.15) is 49.9 Å². The minimum atomic E-state index is 0.147. The normalized spacial score (nSPS) is 10.0. The summed E-state index contributed by atoms with van der Waals surface area (Å²) < 4.78 is 11.1. The summed E-state index contributed by atoms with van der Waals surface area (Å²) in [5.74, 6) is 1.59. The summed E-state index contributed by atoms with van der Waals surface area (Å²) in [7, 11) is 0. The minimum Gasteiger partial charge on any atom is -0.491 e. The van der Waals surface area contributed by atoms with E-state index in [4.69, 9.17) is 32.7 Å². The van der Waals surface area contributed by atoms with Crippen molar-refractivity contribution in [2.45, 2.75) is 53.8 Å². The number of nitrogens with two attached hydrogens (primary N) is 1. The molecule has 0 bridgehead atoms. The number of thiocarbonyl (C=S) groups is 1. The number of ether oxygens (including phenoxy) is 2. The van der Waals surface area contributed by atoms with Crippen molar-refractivity contribution in [3.63, 3.8) is 0 Å². The van der Waals surface area contributed by atoms with Gasteiger partial charge < -0.3 is 15.2 Å². The number of nitriles is 1. The van der Waals surface area contributed by atoms with Gasteiger partial charge in [0.1, 0.15) is 16.5 Å². The van der Waals surface area contributed by atoms with E-state index in [-0.39, 0.29) is 12.2 Å². The van der Waals surface area contributed by atoms with Crippen LogP contribution in [-0.2, 0) is 0 Å². The molecule has 0 aliphatic heterocycles. The van der Waals surface area contributed by atoms with E-state index in [2.05, 4.69) is 6.07 Å². The molecule has 0 aliphatic carbocycles. The van der Waals surface area contributed by atoms with Crippen LogP contribution >= 0.6 is 12.2 Å². The van der Waals surface area contributed by atoms with Gasteiger partial charge in [0.2, 0.25) is 0 Å². The first-order chi connectivity index (χ1) is 12.6. The van der Waals surface area contributed by atoms with Crippen LogP contribution in [0.5, 0.6) is 11.5 Å². The number of rotatable bonds is 5. The maximum Gasteiger partial charge on any atom is 0.121 e. The molecule has 5 heteroatoms. The van der Waals surface area contributed by atoms with Gasteiger partial charge in [0, 0.05) is 5.56 Å². The SMILES string of the molecule is Cc1cc(C#N)cc(OC(C)C)c1.Cc1cc(OC(C)C)cc(C(N)=S)c1. The van der Waals surface area contributed by atoms with Crippen molar-refractivity contribution in [2.24, 2.45) is 5.73 Å². The molecule has 0 aliphatic rings. The Morgan fingerprint density at radius 2 is 1.37 bits per heavy atom. The zero-order valence-corrected chi connectivity index (χ0v) is 17.7. The van der Waals surface area contributed by atoms with Crippen molar-refractivity contribution >= 4 is 17.2 Å². The third kappa shape index (κ3) is 8.57. The van der Waals surface area contributed by atoms with Gasteiger partial charge in [-0.3, -0.25) is 0 Å². The largest absolute Gasteiger partial charge is 0.491 e. The van der Waals surface area contributed by atoms with Crippen LogP contribution in [0, 0.1) is 25.2 Å². The molecule has 0 amide bonds. The summed E-state index contributed by atoms with van der Waals surface area (Å²) >= 11 is 4.92. The minimum absolute atomic E-state index is 0.147. The Kier molecular flexibility index (Phi) is 8.77. The van der Waals surface area contributed by atoms with E-state index in [1.165, 1.54) is 0 Å². The average molecular weight is 385 g/mol. The fourth-order valence-electron chi connectivity index (χ4n) is 2.38. The lowest BCUT2D eigenvalue weighted by molar-refractivity contribution is 0.242. The molecule has 0 atom stereocenters. The summed E-state index contributed by atoms with van der Waals surface area (Å²) in [6.07, 6.45) is 0.310. The number of hydrogen-bond acceptors (Lipinski definition) is 4. The number of hydrogen-bond donors (Lipinski definition) is 1. The Hall–Kier alpha value is -2.58. The highest BCUT2D eigenvalue weighted by Gasteiger charge is 2.03. The van der Waals surface area contributed by atoms with Gasteiger partial charge in [-0.15, -0.1) is 0 Å². The molecule has 2 aromatic carbocycles. The molecule has 4 nitrogen and oxygen atoms in total. The zero-order chi connectivity index (χ0) is 20.6. The molecule has 27 heavy (non-hydrogen) atoms. The maximum atomic E-state index is 8.72. The van der Waals surface area contributed by atoms with Gasteiger partial charge in [-0.2, -0.15) is 5.26 Å². The van der Waals surface area contributed by atoms with Gasteiger partial charge in [-0.25, -0.2) is 0 Å². The number of nitrogens with zero attached hydrogens (tertiary/aromatic N) is 1. The highest BCUT2D eigenvalue weighted by atomic mass is 32.1. The quantitative estimate of drug-likeness (QED) is 0.729. The van der Waals surface area contributed by atoms with E-state index < -0.39 is 0 Å². The number of benzene rings is 2. The molecule has 0 spiro atoms. The molecule has 0 saturated heterocycles. The lowest BCUT2D eigenvalue weighted by atomic mass is 10.1. The van der Waals surface area contributed by atoms with Crippen LogP contribution in [0.15, 0.2) is 36.4 Å². The van der Waals surface area contributed by atoms with E-state index in [0.29, 0.717) is 10.6 Å². The molecular weight excluding hydrogens is 356 g/mol. The van der Waals surface area contributed by atoms with Gasteiger partial charge >= 0.3 is 0 Å². The van der Waals surface area contributed by atoms with Gasteiger partial charge in [0.15, 0.2) is 0 Å². The van der Waals surface area contributed by atoms with Crippen LogP contribution in [-0.4, -0.2) is 17.2 Å². The standard InChI is InChI=1S/C11H15NOS.C11H13NO/c1-7(2)13-10-5-8(3)4-9(6-10)11(12)14;1-8(2)13-11-5-9(3)4-10(6-11)7-12/h4-7H,1-3H3,(H2,12,14);4-6,8H,1-3H3. The Balaban J connectivity index is 0.000000271. The monoisotopic (exact) mass is 384 g/mol. The molecule has 0 heterocycles. The van der Waals surface area contributed by atoms with Crippen molar-refractivity contribution in [2.75, 3.05) is 0 Å². The third-order valence-corrected chi connectivity index (χ3v) is 3.49. The van der Waals surface area contributed by atoms with Crippen LogP contribution in [0.25, 0.3) is 0 Å². The highest BCUT2D eigenvalue weighted by Crippen LogP contribution is 2.18. The topological polar surface area (TPSA) is 68.3 Å². The van der Waals surface area contributed by atoms with E-state index in [1.807, 2.05) is 71.9 Å². The maximum absolute atomic E-state index is 8.72. The Morgan fingerprint density at radius 3 is 1.81 bits per heavy atom. The first kappa shape index (κ1) is 22.5. The van der Waals surface area contributed by atoms with Crippen molar-refractivity contribution < 1.29 is 9.47 Å². The lowest BCUT2D eigenvalue weighted by Crippen LogP contribution is -2.11. The van der Waals surface area contributed by atoms with Crippen molar-refractivity contribution in [1.82, 2.24) is 0 Å². The van der Waals surface area contributed by atoms with Crippen molar-refractivity contribution in [1.29, 1.82) is 5.26 Å². The Bertz CT molecular complexity index is 824. The highest BCUT2D eigenvalue weighted by molar-refractivity contribution is 7.80. The second kappa shape index (κ2) is 10.5. The average Bonchev–Trinajstić information content (AvgIpc) is 2.52. The second-order valence-corrected chi connectivity index (χ2v) is 7.32. The van der Waals surface area contributed by atoms with Gasteiger partial charge in [0.25, 0.3) is 0 Å². The van der Waals surface area contributed by atoms with E-state index in [1.54, 1.807) is 6.07 Å². The van der Waals surface area contributed by atoms with Crippen LogP contribution in [0.2, 0.25) is 0 Å². The molecule has 2 aromatic rings.